The van der Waals surface area contributed by atoms with Gasteiger partial charge in [0.1, 0.15) is 4.21 Å². The average molecular weight is 260 g/mol. The third-order valence-electron chi connectivity index (χ3n) is 2.50. The molecule has 0 aromatic carbocycles. The highest BCUT2D eigenvalue weighted by atomic mass is 32.2. The average Bonchev–Trinajstić information content (AvgIpc) is 2.87. The van der Waals surface area contributed by atoms with Gasteiger partial charge in [-0.2, -0.15) is 0 Å². The summed E-state index contributed by atoms with van der Waals surface area (Å²) in [5.41, 5.74) is 0.413. The third-order valence-corrected chi connectivity index (χ3v) is 4.88. The van der Waals surface area contributed by atoms with Crippen molar-refractivity contribution in [2.75, 3.05) is 13.1 Å². The summed E-state index contributed by atoms with van der Waals surface area (Å²) < 4.78 is 22.1. The predicted octanol–water partition coefficient (Wildman–Crippen LogP) is 0.632. The minimum Gasteiger partial charge on any atom is -0.339 e. The second-order valence-corrected chi connectivity index (χ2v) is 6.40. The topological polar surface area (TPSA) is 80.5 Å². The number of primary sulfonamides is 1. The highest BCUT2D eigenvalue weighted by Crippen LogP contribution is 2.21. The quantitative estimate of drug-likeness (QED) is 0.847. The van der Waals surface area contributed by atoms with Crippen LogP contribution < -0.4 is 5.14 Å². The molecular weight excluding hydrogens is 248 g/mol. The number of nitrogens with two attached hydrogens (primary N) is 1. The molecule has 0 unspecified atom stereocenters. The minimum atomic E-state index is -3.69. The molecule has 0 bridgehead atoms. The molecule has 2 heterocycles. The van der Waals surface area contributed by atoms with Crippen LogP contribution in [-0.2, 0) is 10.0 Å². The Morgan fingerprint density at radius 2 is 2.00 bits per heavy atom. The van der Waals surface area contributed by atoms with Crippen LogP contribution in [0.3, 0.4) is 0 Å². The molecule has 1 amide bonds. The Bertz CT molecular complexity index is 501. The van der Waals surface area contributed by atoms with E-state index in [1.165, 1.54) is 6.07 Å². The van der Waals surface area contributed by atoms with Gasteiger partial charge < -0.3 is 4.90 Å². The monoisotopic (exact) mass is 260 g/mol. The molecule has 0 aliphatic carbocycles. The molecule has 2 rings (SSSR count). The number of amides is 1. The second-order valence-electron chi connectivity index (χ2n) is 3.70. The fraction of sp³-hybridized carbons (Fsp3) is 0.444. The molecule has 1 aliphatic heterocycles. The van der Waals surface area contributed by atoms with Crippen molar-refractivity contribution in [3.8, 4) is 0 Å². The van der Waals surface area contributed by atoms with Crippen molar-refractivity contribution < 1.29 is 13.2 Å². The van der Waals surface area contributed by atoms with Gasteiger partial charge in [0.05, 0.1) is 5.56 Å². The summed E-state index contributed by atoms with van der Waals surface area (Å²) in [4.78, 5) is 13.6. The van der Waals surface area contributed by atoms with E-state index in [0.29, 0.717) is 5.56 Å². The Kier molecular flexibility index (Phi) is 3.00. The Balaban J connectivity index is 2.22. The van der Waals surface area contributed by atoms with Crippen LogP contribution in [0.1, 0.15) is 23.2 Å². The van der Waals surface area contributed by atoms with E-state index in [-0.39, 0.29) is 10.1 Å². The van der Waals surface area contributed by atoms with Gasteiger partial charge in [0.15, 0.2) is 0 Å². The zero-order valence-corrected chi connectivity index (χ0v) is 10.2. The number of hydrogen-bond donors (Lipinski definition) is 1. The number of carbonyl (C=O) groups excluding carboxylic acids is 1. The third kappa shape index (κ3) is 2.26. The molecule has 1 aromatic heterocycles. The van der Waals surface area contributed by atoms with Crippen LogP contribution in [0.25, 0.3) is 0 Å². The number of sulfonamides is 1. The molecule has 1 saturated heterocycles. The molecule has 1 aliphatic rings. The zero-order valence-electron chi connectivity index (χ0n) is 8.55. The molecule has 16 heavy (non-hydrogen) atoms. The van der Waals surface area contributed by atoms with E-state index in [1.807, 2.05) is 0 Å². The van der Waals surface area contributed by atoms with Gasteiger partial charge in [-0.05, 0) is 18.9 Å². The van der Waals surface area contributed by atoms with Crippen molar-refractivity contribution in [1.82, 2.24) is 4.90 Å². The number of nitrogens with zero attached hydrogens (tertiary/aromatic N) is 1. The SMILES string of the molecule is NS(=O)(=O)c1cc(C(=O)N2CCCC2)cs1. The highest BCUT2D eigenvalue weighted by molar-refractivity contribution is 7.91. The van der Waals surface area contributed by atoms with E-state index in [9.17, 15) is 13.2 Å². The number of thiophene rings is 1. The fourth-order valence-corrected chi connectivity index (χ4v) is 3.26. The minimum absolute atomic E-state index is 0.0371. The van der Waals surface area contributed by atoms with Crippen LogP contribution in [0.2, 0.25) is 0 Å². The first-order chi connectivity index (χ1) is 7.48. The highest BCUT2D eigenvalue weighted by Gasteiger charge is 2.22. The Morgan fingerprint density at radius 3 is 2.50 bits per heavy atom. The van der Waals surface area contributed by atoms with Gasteiger partial charge in [-0.15, -0.1) is 11.3 Å². The lowest BCUT2D eigenvalue weighted by atomic mass is 10.3. The van der Waals surface area contributed by atoms with Crippen LogP contribution >= 0.6 is 11.3 Å². The Labute approximate surface area is 97.9 Å². The van der Waals surface area contributed by atoms with Gasteiger partial charge in [0, 0.05) is 18.5 Å². The summed E-state index contributed by atoms with van der Waals surface area (Å²) >= 11 is 0.983. The Morgan fingerprint density at radius 1 is 1.38 bits per heavy atom. The van der Waals surface area contributed by atoms with Crippen molar-refractivity contribution in [3.63, 3.8) is 0 Å². The molecule has 7 heteroatoms. The summed E-state index contributed by atoms with van der Waals surface area (Å²) in [6.45, 7) is 1.50. The molecular formula is C9H12N2O3S2. The maximum atomic E-state index is 11.9. The molecule has 5 nitrogen and oxygen atoms in total. The maximum absolute atomic E-state index is 11.9. The van der Waals surface area contributed by atoms with Crippen molar-refractivity contribution in [2.45, 2.75) is 17.1 Å². The van der Waals surface area contributed by atoms with Crippen molar-refractivity contribution >= 4 is 27.3 Å². The largest absolute Gasteiger partial charge is 0.339 e. The maximum Gasteiger partial charge on any atom is 0.254 e. The summed E-state index contributed by atoms with van der Waals surface area (Å²) in [5.74, 6) is -0.108. The lowest BCUT2D eigenvalue weighted by Crippen LogP contribution is -2.27. The lowest BCUT2D eigenvalue weighted by molar-refractivity contribution is 0.0793. The molecule has 0 spiro atoms. The number of hydrogen-bond acceptors (Lipinski definition) is 4. The van der Waals surface area contributed by atoms with Crippen LogP contribution in [0.4, 0.5) is 0 Å². The standard InChI is InChI=1S/C9H12N2O3S2/c10-16(13,14)8-5-7(6-15-8)9(12)11-3-1-2-4-11/h5-6H,1-4H2,(H2,10,13,14). The van der Waals surface area contributed by atoms with E-state index in [2.05, 4.69) is 0 Å². The molecule has 1 fully saturated rings. The van der Waals surface area contributed by atoms with Crippen LogP contribution in [0, 0.1) is 0 Å². The predicted molar refractivity (Wildman–Crippen MR) is 60.8 cm³/mol. The molecule has 2 N–H and O–H groups in total. The van der Waals surface area contributed by atoms with Crippen molar-refractivity contribution in [1.29, 1.82) is 0 Å². The van der Waals surface area contributed by atoms with Gasteiger partial charge in [-0.25, -0.2) is 13.6 Å². The first kappa shape index (κ1) is 11.6. The van der Waals surface area contributed by atoms with Gasteiger partial charge >= 0.3 is 0 Å². The van der Waals surface area contributed by atoms with Crippen molar-refractivity contribution in [2.24, 2.45) is 5.14 Å². The van der Waals surface area contributed by atoms with E-state index >= 15 is 0 Å². The van der Waals surface area contributed by atoms with Gasteiger partial charge in [0.25, 0.3) is 5.91 Å². The van der Waals surface area contributed by atoms with Gasteiger partial charge in [-0.1, -0.05) is 0 Å². The van der Waals surface area contributed by atoms with Crippen LogP contribution in [0.15, 0.2) is 15.7 Å². The molecule has 0 radical (unpaired) electrons. The molecule has 88 valence electrons. The fourth-order valence-electron chi connectivity index (χ4n) is 1.68. The number of carbonyl (C=O) groups is 1. The van der Waals surface area contributed by atoms with Crippen LogP contribution in [-0.4, -0.2) is 32.3 Å². The smallest absolute Gasteiger partial charge is 0.254 e. The first-order valence-corrected chi connectivity index (χ1v) is 7.32. The normalized spacial score (nSPS) is 16.7. The van der Waals surface area contributed by atoms with E-state index in [4.69, 9.17) is 5.14 Å². The van der Waals surface area contributed by atoms with E-state index in [1.54, 1.807) is 10.3 Å². The zero-order chi connectivity index (χ0) is 11.8. The molecule has 0 saturated carbocycles. The number of rotatable bonds is 2. The summed E-state index contributed by atoms with van der Waals surface area (Å²) in [6.07, 6.45) is 2.02. The Hall–Kier alpha value is -0.920. The van der Waals surface area contributed by atoms with Gasteiger partial charge in [0.2, 0.25) is 10.0 Å². The molecule has 0 atom stereocenters. The number of likely N-dealkylation sites (tertiary alicyclic amines) is 1. The van der Waals surface area contributed by atoms with Gasteiger partial charge in [-0.3, -0.25) is 4.79 Å². The summed E-state index contributed by atoms with van der Waals surface area (Å²) in [5, 5.41) is 6.52. The van der Waals surface area contributed by atoms with E-state index < -0.39 is 10.0 Å². The van der Waals surface area contributed by atoms with Crippen LogP contribution in [0.5, 0.6) is 0 Å². The lowest BCUT2D eigenvalue weighted by Gasteiger charge is -2.13. The summed E-state index contributed by atoms with van der Waals surface area (Å²) in [7, 11) is -3.69. The van der Waals surface area contributed by atoms with E-state index in [0.717, 1.165) is 37.3 Å². The first-order valence-electron chi connectivity index (χ1n) is 4.89. The molecule has 1 aromatic rings. The summed E-state index contributed by atoms with van der Waals surface area (Å²) in [6, 6.07) is 1.35. The second kappa shape index (κ2) is 4.15. The van der Waals surface area contributed by atoms with Crippen molar-refractivity contribution in [3.05, 3.63) is 17.0 Å².